The number of aryl methyl sites for hydroxylation is 1. The molecule has 4 nitrogen and oxygen atoms in total. The maximum atomic E-state index is 11.6. The summed E-state index contributed by atoms with van der Waals surface area (Å²) < 4.78 is 0. The summed E-state index contributed by atoms with van der Waals surface area (Å²) in [7, 11) is 0. The van der Waals surface area contributed by atoms with Gasteiger partial charge >= 0.3 is 0 Å². The Kier molecular flexibility index (Phi) is 1.60. The molecule has 64 valence electrons. The van der Waals surface area contributed by atoms with E-state index in [1.807, 2.05) is 11.8 Å². The average Bonchev–Trinajstić information content (AvgIpc) is 2.31. The predicted molar refractivity (Wildman–Crippen MR) is 43.8 cm³/mol. The first kappa shape index (κ1) is 7.34. The Labute approximate surface area is 70.6 Å². The monoisotopic (exact) mass is 165 g/mol. The first-order valence-electron chi connectivity index (χ1n) is 4.08. The van der Waals surface area contributed by atoms with Crippen molar-refractivity contribution in [2.75, 3.05) is 13.1 Å². The molecule has 4 heteroatoms. The molecule has 0 aromatic carbocycles. The number of aromatic nitrogens is 2. The molecule has 1 amide bonds. The lowest BCUT2D eigenvalue weighted by Gasteiger charge is -2.30. The highest BCUT2D eigenvalue weighted by Crippen LogP contribution is 2.13. The van der Waals surface area contributed by atoms with Gasteiger partial charge in [-0.2, -0.15) is 5.10 Å². The van der Waals surface area contributed by atoms with Crippen LogP contribution in [0.15, 0.2) is 6.20 Å². The summed E-state index contributed by atoms with van der Waals surface area (Å²) in [5, 5.41) is 6.57. The Morgan fingerprint density at radius 2 is 2.42 bits per heavy atom. The second-order valence-corrected chi connectivity index (χ2v) is 3.05. The normalized spacial score (nSPS) is 15.9. The minimum Gasteiger partial charge on any atom is -0.338 e. The molecule has 1 N–H and O–H groups in total. The van der Waals surface area contributed by atoms with Crippen molar-refractivity contribution in [1.82, 2.24) is 15.1 Å². The van der Waals surface area contributed by atoms with Crippen LogP contribution in [0.5, 0.6) is 0 Å². The van der Waals surface area contributed by atoms with Crippen molar-refractivity contribution in [2.24, 2.45) is 0 Å². The number of rotatable bonds is 1. The van der Waals surface area contributed by atoms with Crippen molar-refractivity contribution in [2.45, 2.75) is 13.3 Å². The van der Waals surface area contributed by atoms with Gasteiger partial charge in [0, 0.05) is 18.8 Å². The van der Waals surface area contributed by atoms with E-state index in [0.717, 1.165) is 25.2 Å². The fourth-order valence-corrected chi connectivity index (χ4v) is 1.26. The molecule has 1 fully saturated rings. The third-order valence-corrected chi connectivity index (χ3v) is 2.20. The molecule has 2 rings (SSSR count). The molecular weight excluding hydrogens is 154 g/mol. The molecule has 1 aliphatic heterocycles. The molecule has 0 saturated carbocycles. The molecular formula is C8H11N3O. The van der Waals surface area contributed by atoms with E-state index >= 15 is 0 Å². The fourth-order valence-electron chi connectivity index (χ4n) is 1.26. The van der Waals surface area contributed by atoms with Crippen LogP contribution in [0.3, 0.4) is 0 Å². The van der Waals surface area contributed by atoms with E-state index in [2.05, 4.69) is 10.2 Å². The third-order valence-electron chi connectivity index (χ3n) is 2.20. The van der Waals surface area contributed by atoms with Crippen LogP contribution in [0.4, 0.5) is 0 Å². The zero-order chi connectivity index (χ0) is 8.55. The molecule has 0 unspecified atom stereocenters. The molecule has 0 aliphatic carbocycles. The molecule has 2 heterocycles. The van der Waals surface area contributed by atoms with Crippen LogP contribution in [0.2, 0.25) is 0 Å². The maximum Gasteiger partial charge on any atom is 0.257 e. The number of hydrogen-bond acceptors (Lipinski definition) is 2. The molecule has 12 heavy (non-hydrogen) atoms. The van der Waals surface area contributed by atoms with Gasteiger partial charge in [0.25, 0.3) is 5.91 Å². The highest BCUT2D eigenvalue weighted by atomic mass is 16.2. The van der Waals surface area contributed by atoms with E-state index < -0.39 is 0 Å². The zero-order valence-electron chi connectivity index (χ0n) is 7.00. The first-order valence-corrected chi connectivity index (χ1v) is 4.08. The molecule has 1 saturated heterocycles. The van der Waals surface area contributed by atoms with Crippen molar-refractivity contribution >= 4 is 5.91 Å². The summed E-state index contributed by atoms with van der Waals surface area (Å²) in [5.41, 5.74) is 1.56. The predicted octanol–water partition coefficient (Wildman–Crippen LogP) is 0.564. The van der Waals surface area contributed by atoms with Crippen molar-refractivity contribution < 1.29 is 4.79 Å². The average molecular weight is 165 g/mol. The number of carbonyl (C=O) groups excluding carboxylic acids is 1. The number of amides is 1. The molecule has 0 bridgehead atoms. The molecule has 1 aliphatic rings. The number of nitrogens with zero attached hydrogens (tertiary/aromatic N) is 2. The van der Waals surface area contributed by atoms with Crippen molar-refractivity contribution in [3.8, 4) is 0 Å². The topological polar surface area (TPSA) is 49.0 Å². The van der Waals surface area contributed by atoms with Gasteiger partial charge < -0.3 is 4.90 Å². The van der Waals surface area contributed by atoms with Gasteiger partial charge in [-0.1, -0.05) is 0 Å². The standard InChI is InChI=1S/C8H11N3O/c1-6-7(5-9-10-6)8(12)11-3-2-4-11/h5H,2-4H2,1H3,(H,9,10). The Bertz CT molecular complexity index is 301. The lowest BCUT2D eigenvalue weighted by Crippen LogP contribution is -2.42. The number of hydrogen-bond donors (Lipinski definition) is 1. The van der Waals surface area contributed by atoms with Crippen LogP contribution in [-0.4, -0.2) is 34.1 Å². The fraction of sp³-hybridized carbons (Fsp3) is 0.500. The quantitative estimate of drug-likeness (QED) is 0.661. The second kappa shape index (κ2) is 2.62. The molecule has 0 atom stereocenters. The second-order valence-electron chi connectivity index (χ2n) is 3.05. The van der Waals surface area contributed by atoms with Gasteiger partial charge in [0.15, 0.2) is 0 Å². The van der Waals surface area contributed by atoms with E-state index in [-0.39, 0.29) is 5.91 Å². The van der Waals surface area contributed by atoms with Crippen LogP contribution in [0, 0.1) is 6.92 Å². The molecule has 1 aromatic heterocycles. The van der Waals surface area contributed by atoms with E-state index in [4.69, 9.17) is 0 Å². The lowest BCUT2D eigenvalue weighted by molar-refractivity contribution is 0.0651. The van der Waals surface area contributed by atoms with E-state index in [1.54, 1.807) is 6.20 Å². The Hall–Kier alpha value is -1.32. The number of carbonyl (C=O) groups is 1. The van der Waals surface area contributed by atoms with Crippen LogP contribution in [-0.2, 0) is 0 Å². The largest absolute Gasteiger partial charge is 0.338 e. The number of likely N-dealkylation sites (tertiary alicyclic amines) is 1. The van der Waals surface area contributed by atoms with Crippen molar-refractivity contribution in [3.05, 3.63) is 17.5 Å². The van der Waals surface area contributed by atoms with E-state index in [1.165, 1.54) is 0 Å². The van der Waals surface area contributed by atoms with Gasteiger partial charge in [-0.15, -0.1) is 0 Å². The summed E-state index contributed by atoms with van der Waals surface area (Å²) in [6, 6.07) is 0. The Morgan fingerprint density at radius 3 is 2.83 bits per heavy atom. The van der Waals surface area contributed by atoms with Crippen LogP contribution in [0.25, 0.3) is 0 Å². The molecule has 0 radical (unpaired) electrons. The molecule has 0 spiro atoms. The summed E-state index contributed by atoms with van der Waals surface area (Å²) >= 11 is 0. The van der Waals surface area contributed by atoms with Gasteiger partial charge in [-0.05, 0) is 13.3 Å². The first-order chi connectivity index (χ1) is 5.79. The SMILES string of the molecule is Cc1[nH]ncc1C(=O)N1CCC1. The van der Waals surface area contributed by atoms with Gasteiger partial charge in [-0.25, -0.2) is 0 Å². The number of H-pyrrole nitrogens is 1. The van der Waals surface area contributed by atoms with Crippen LogP contribution < -0.4 is 0 Å². The van der Waals surface area contributed by atoms with Crippen LogP contribution in [0.1, 0.15) is 22.5 Å². The summed E-state index contributed by atoms with van der Waals surface area (Å²) in [6.45, 7) is 3.65. The third kappa shape index (κ3) is 0.995. The van der Waals surface area contributed by atoms with Gasteiger partial charge in [0.1, 0.15) is 0 Å². The van der Waals surface area contributed by atoms with Gasteiger partial charge in [-0.3, -0.25) is 9.89 Å². The Morgan fingerprint density at radius 1 is 1.67 bits per heavy atom. The van der Waals surface area contributed by atoms with Crippen LogP contribution >= 0.6 is 0 Å². The molecule has 1 aromatic rings. The maximum absolute atomic E-state index is 11.6. The summed E-state index contributed by atoms with van der Waals surface area (Å²) in [5.74, 6) is 0.104. The van der Waals surface area contributed by atoms with Gasteiger partial charge in [0.05, 0.1) is 11.8 Å². The highest BCUT2D eigenvalue weighted by molar-refractivity contribution is 5.95. The van der Waals surface area contributed by atoms with Gasteiger partial charge in [0.2, 0.25) is 0 Å². The number of aromatic amines is 1. The minimum absolute atomic E-state index is 0.104. The smallest absolute Gasteiger partial charge is 0.257 e. The minimum atomic E-state index is 0.104. The highest BCUT2D eigenvalue weighted by Gasteiger charge is 2.23. The van der Waals surface area contributed by atoms with Crippen molar-refractivity contribution in [3.63, 3.8) is 0 Å². The van der Waals surface area contributed by atoms with Crippen molar-refractivity contribution in [1.29, 1.82) is 0 Å². The Balaban J connectivity index is 2.19. The van der Waals surface area contributed by atoms with E-state index in [9.17, 15) is 4.79 Å². The lowest BCUT2D eigenvalue weighted by atomic mass is 10.1. The zero-order valence-corrected chi connectivity index (χ0v) is 7.00. The van der Waals surface area contributed by atoms with E-state index in [0.29, 0.717) is 5.56 Å². The summed E-state index contributed by atoms with van der Waals surface area (Å²) in [4.78, 5) is 13.4. The number of nitrogens with one attached hydrogen (secondary N) is 1. The summed E-state index contributed by atoms with van der Waals surface area (Å²) in [6.07, 6.45) is 2.72.